The van der Waals surface area contributed by atoms with Crippen molar-refractivity contribution in [2.45, 2.75) is 25.4 Å². The molecule has 2 aromatic rings. The molecule has 0 saturated heterocycles. The second kappa shape index (κ2) is 5.70. The second-order valence-electron chi connectivity index (χ2n) is 5.49. The molecule has 0 fully saturated rings. The average molecular weight is 281 g/mol. The van der Waals surface area contributed by atoms with Crippen molar-refractivity contribution >= 4 is 11.6 Å². The summed E-state index contributed by atoms with van der Waals surface area (Å²) in [7, 11) is 0. The van der Waals surface area contributed by atoms with Crippen LogP contribution < -0.4 is 4.90 Å². The van der Waals surface area contributed by atoms with Crippen molar-refractivity contribution in [2.75, 3.05) is 11.4 Å². The molecule has 0 aliphatic carbocycles. The minimum absolute atomic E-state index is 0.0838. The normalized spacial score (nSPS) is 19.0. The SMILES string of the molecule is CC(C(=O)N1CCC(O)c2ccccc21)c1ccccc1. The first kappa shape index (κ1) is 13.8. The molecule has 1 aliphatic rings. The Hall–Kier alpha value is -2.13. The smallest absolute Gasteiger partial charge is 0.234 e. The van der Waals surface area contributed by atoms with Gasteiger partial charge in [-0.15, -0.1) is 0 Å². The molecule has 2 atom stereocenters. The highest BCUT2D eigenvalue weighted by molar-refractivity contribution is 5.98. The Morgan fingerprint density at radius 3 is 2.57 bits per heavy atom. The highest BCUT2D eigenvalue weighted by atomic mass is 16.3. The first-order valence-corrected chi connectivity index (χ1v) is 7.32. The fourth-order valence-electron chi connectivity index (χ4n) is 2.89. The maximum Gasteiger partial charge on any atom is 0.234 e. The van der Waals surface area contributed by atoms with E-state index in [0.29, 0.717) is 13.0 Å². The number of carbonyl (C=O) groups is 1. The van der Waals surface area contributed by atoms with Crippen molar-refractivity contribution in [1.82, 2.24) is 0 Å². The number of amides is 1. The van der Waals surface area contributed by atoms with Gasteiger partial charge in [-0.2, -0.15) is 0 Å². The van der Waals surface area contributed by atoms with Crippen LogP contribution in [-0.2, 0) is 4.79 Å². The summed E-state index contributed by atoms with van der Waals surface area (Å²) in [6, 6.07) is 17.4. The molecule has 1 heterocycles. The second-order valence-corrected chi connectivity index (χ2v) is 5.49. The fraction of sp³-hybridized carbons (Fsp3) is 0.278. The third-order valence-electron chi connectivity index (χ3n) is 4.15. The zero-order valence-electron chi connectivity index (χ0n) is 12.1. The lowest BCUT2D eigenvalue weighted by Gasteiger charge is -2.33. The topological polar surface area (TPSA) is 40.5 Å². The number of benzene rings is 2. The number of para-hydroxylation sites is 1. The lowest BCUT2D eigenvalue weighted by molar-refractivity contribution is -0.119. The van der Waals surface area contributed by atoms with Crippen molar-refractivity contribution in [3.05, 3.63) is 65.7 Å². The molecule has 0 saturated carbocycles. The molecular weight excluding hydrogens is 262 g/mol. The largest absolute Gasteiger partial charge is 0.388 e. The van der Waals surface area contributed by atoms with E-state index >= 15 is 0 Å². The Balaban J connectivity index is 1.91. The number of rotatable bonds is 2. The van der Waals surface area contributed by atoms with Crippen LogP contribution in [0.4, 0.5) is 5.69 Å². The van der Waals surface area contributed by atoms with E-state index < -0.39 is 6.10 Å². The number of aliphatic hydroxyl groups is 1. The molecule has 3 nitrogen and oxygen atoms in total. The van der Waals surface area contributed by atoms with Gasteiger partial charge < -0.3 is 10.0 Å². The lowest BCUT2D eigenvalue weighted by Crippen LogP contribution is -2.39. The van der Waals surface area contributed by atoms with Crippen molar-refractivity contribution < 1.29 is 9.90 Å². The predicted molar refractivity (Wildman–Crippen MR) is 83.2 cm³/mol. The summed E-state index contributed by atoms with van der Waals surface area (Å²) < 4.78 is 0. The summed E-state index contributed by atoms with van der Waals surface area (Å²) in [5, 5.41) is 10.1. The monoisotopic (exact) mass is 281 g/mol. The zero-order valence-corrected chi connectivity index (χ0v) is 12.1. The summed E-state index contributed by atoms with van der Waals surface area (Å²) in [6.07, 6.45) is 0.113. The molecule has 0 bridgehead atoms. The Labute approximate surface area is 124 Å². The summed E-state index contributed by atoms with van der Waals surface area (Å²) >= 11 is 0. The van der Waals surface area contributed by atoms with Crippen LogP contribution in [0.2, 0.25) is 0 Å². The van der Waals surface area contributed by atoms with Crippen LogP contribution in [-0.4, -0.2) is 17.6 Å². The number of anilines is 1. The molecule has 3 rings (SSSR count). The van der Waals surface area contributed by atoms with Crippen LogP contribution in [0.5, 0.6) is 0 Å². The van der Waals surface area contributed by atoms with E-state index in [4.69, 9.17) is 0 Å². The number of aliphatic hydroxyl groups excluding tert-OH is 1. The molecule has 2 unspecified atom stereocenters. The number of fused-ring (bicyclic) bond motifs is 1. The number of hydrogen-bond acceptors (Lipinski definition) is 2. The Bertz CT molecular complexity index is 639. The van der Waals surface area contributed by atoms with Gasteiger partial charge in [0.25, 0.3) is 0 Å². The van der Waals surface area contributed by atoms with E-state index in [1.165, 1.54) is 0 Å². The van der Waals surface area contributed by atoms with Gasteiger partial charge in [0.1, 0.15) is 0 Å². The van der Waals surface area contributed by atoms with E-state index in [1.54, 1.807) is 4.90 Å². The summed E-state index contributed by atoms with van der Waals surface area (Å²) in [6.45, 7) is 2.50. The maximum absolute atomic E-state index is 12.8. The number of hydrogen-bond donors (Lipinski definition) is 1. The van der Waals surface area contributed by atoms with E-state index in [0.717, 1.165) is 16.8 Å². The molecule has 1 aliphatic heterocycles. The van der Waals surface area contributed by atoms with Crippen LogP contribution in [0.25, 0.3) is 0 Å². The Kier molecular flexibility index (Phi) is 3.76. The molecule has 108 valence electrons. The van der Waals surface area contributed by atoms with Gasteiger partial charge in [0.2, 0.25) is 5.91 Å². The molecular formula is C18H19NO2. The third kappa shape index (κ3) is 2.57. The van der Waals surface area contributed by atoms with Gasteiger partial charge >= 0.3 is 0 Å². The van der Waals surface area contributed by atoms with Gasteiger partial charge in [0.05, 0.1) is 12.0 Å². The van der Waals surface area contributed by atoms with Gasteiger partial charge in [0, 0.05) is 17.8 Å². The van der Waals surface area contributed by atoms with Gasteiger partial charge in [-0.3, -0.25) is 4.79 Å². The average Bonchev–Trinajstić information content (AvgIpc) is 2.55. The molecule has 2 aromatic carbocycles. The maximum atomic E-state index is 12.8. The predicted octanol–water partition coefficient (Wildman–Crippen LogP) is 3.26. The highest BCUT2D eigenvalue weighted by Gasteiger charge is 2.30. The Morgan fingerprint density at radius 2 is 1.81 bits per heavy atom. The molecule has 3 heteroatoms. The summed E-state index contributed by atoms with van der Waals surface area (Å²) in [4.78, 5) is 14.6. The first-order valence-electron chi connectivity index (χ1n) is 7.32. The van der Waals surface area contributed by atoms with Gasteiger partial charge in [0.15, 0.2) is 0 Å². The van der Waals surface area contributed by atoms with E-state index in [2.05, 4.69) is 0 Å². The van der Waals surface area contributed by atoms with Crippen molar-refractivity contribution in [3.8, 4) is 0 Å². The molecule has 0 aromatic heterocycles. The van der Waals surface area contributed by atoms with Crippen molar-refractivity contribution in [1.29, 1.82) is 0 Å². The van der Waals surface area contributed by atoms with Crippen LogP contribution >= 0.6 is 0 Å². The number of nitrogens with zero attached hydrogens (tertiary/aromatic N) is 1. The summed E-state index contributed by atoms with van der Waals surface area (Å²) in [5.74, 6) is -0.102. The van der Waals surface area contributed by atoms with Gasteiger partial charge in [-0.05, 0) is 25.0 Å². The van der Waals surface area contributed by atoms with Crippen molar-refractivity contribution in [2.24, 2.45) is 0 Å². The quantitative estimate of drug-likeness (QED) is 0.918. The summed E-state index contributed by atoms with van der Waals surface area (Å²) in [5.41, 5.74) is 2.70. The van der Waals surface area contributed by atoms with Crippen LogP contribution in [0.1, 0.15) is 36.5 Å². The highest BCUT2D eigenvalue weighted by Crippen LogP contribution is 2.35. The lowest BCUT2D eigenvalue weighted by atomic mass is 9.95. The third-order valence-corrected chi connectivity index (χ3v) is 4.15. The Morgan fingerprint density at radius 1 is 1.14 bits per heavy atom. The van der Waals surface area contributed by atoms with E-state index in [1.807, 2.05) is 61.5 Å². The van der Waals surface area contributed by atoms with E-state index in [-0.39, 0.29) is 11.8 Å². The molecule has 0 radical (unpaired) electrons. The zero-order chi connectivity index (χ0) is 14.8. The number of carbonyl (C=O) groups excluding carboxylic acids is 1. The van der Waals surface area contributed by atoms with Crippen LogP contribution in [0, 0.1) is 0 Å². The first-order chi connectivity index (χ1) is 10.2. The standard InChI is InChI=1S/C18H19NO2/c1-13(14-7-3-2-4-8-14)18(21)19-12-11-17(20)15-9-5-6-10-16(15)19/h2-10,13,17,20H,11-12H2,1H3. The molecule has 1 amide bonds. The minimum atomic E-state index is -0.475. The van der Waals surface area contributed by atoms with Crippen LogP contribution in [0.15, 0.2) is 54.6 Å². The van der Waals surface area contributed by atoms with Crippen molar-refractivity contribution in [3.63, 3.8) is 0 Å². The van der Waals surface area contributed by atoms with Gasteiger partial charge in [-0.1, -0.05) is 48.5 Å². The van der Waals surface area contributed by atoms with Gasteiger partial charge in [-0.25, -0.2) is 0 Å². The van der Waals surface area contributed by atoms with E-state index in [9.17, 15) is 9.90 Å². The molecule has 21 heavy (non-hydrogen) atoms. The molecule has 0 spiro atoms. The molecule has 1 N–H and O–H groups in total. The van der Waals surface area contributed by atoms with Crippen LogP contribution in [0.3, 0.4) is 0 Å². The minimum Gasteiger partial charge on any atom is -0.388 e. The fourth-order valence-corrected chi connectivity index (χ4v) is 2.89.